The average Bonchev–Trinajstić information content (AvgIpc) is 2.61. The molecule has 0 fully saturated rings. The minimum absolute atomic E-state index is 0.645. The maximum atomic E-state index is 12.7. The van der Waals surface area contributed by atoms with E-state index in [2.05, 4.69) is 30.3 Å². The minimum Gasteiger partial charge on any atom is -0.618 e. The number of hydrogen-bond acceptors (Lipinski definition) is 1. The summed E-state index contributed by atoms with van der Waals surface area (Å²) in [5, 5.41) is 17.2. The molecule has 0 unspecified atom stereocenters. The molecule has 0 aliphatic rings. The fourth-order valence-electron chi connectivity index (χ4n) is 3.14. The lowest BCUT2D eigenvalue weighted by Gasteiger charge is -2.09. The third kappa shape index (κ3) is 2.52. The Morgan fingerprint density at radius 1 is 0.750 bits per heavy atom. The van der Waals surface area contributed by atoms with Crippen LogP contribution in [0, 0.1) is 12.1 Å². The van der Waals surface area contributed by atoms with Gasteiger partial charge >= 0.3 is 0 Å². The highest BCUT2D eigenvalue weighted by atomic mass is 16.5. The van der Waals surface area contributed by atoms with Crippen LogP contribution in [0.4, 0.5) is 5.69 Å². The number of rotatable bonds is 2. The monoisotopic (exact) mass is 311 g/mol. The maximum absolute atomic E-state index is 12.7. The molecular weight excluding hydrogens is 294 g/mol. The van der Waals surface area contributed by atoms with Crippen LogP contribution in [0.15, 0.2) is 78.9 Å². The summed E-state index contributed by atoms with van der Waals surface area (Å²) in [7, 11) is 0. The number of fused-ring (bicyclic) bond motifs is 2. The molecule has 0 heterocycles. The molecule has 0 radical (unpaired) electrons. The van der Waals surface area contributed by atoms with Crippen LogP contribution in [0.5, 0.6) is 0 Å². The van der Waals surface area contributed by atoms with Crippen molar-refractivity contribution in [2.24, 2.45) is 0 Å². The number of hydrogen-bond donors (Lipinski definition) is 0. The Morgan fingerprint density at radius 3 is 2.00 bits per heavy atom. The topological polar surface area (TPSA) is 26.1 Å². The van der Waals surface area contributed by atoms with E-state index in [1.807, 2.05) is 55.5 Å². The highest BCUT2D eigenvalue weighted by Crippen LogP contribution is 2.27. The van der Waals surface area contributed by atoms with Gasteiger partial charge in [-0.1, -0.05) is 60.7 Å². The number of nitrogens with zero attached hydrogens (tertiary/aromatic N) is 1. The van der Waals surface area contributed by atoms with Crippen molar-refractivity contribution in [3.05, 3.63) is 95.2 Å². The van der Waals surface area contributed by atoms with Crippen molar-refractivity contribution in [2.45, 2.75) is 6.92 Å². The molecule has 24 heavy (non-hydrogen) atoms. The fourth-order valence-corrected chi connectivity index (χ4v) is 3.14. The zero-order valence-electron chi connectivity index (χ0n) is 13.4. The predicted molar refractivity (Wildman–Crippen MR) is 101 cm³/mol. The lowest BCUT2D eigenvalue weighted by molar-refractivity contribution is -0.354. The summed E-state index contributed by atoms with van der Waals surface area (Å²) < 4.78 is 0.960. The number of aryl methyl sites for hydroxylation is 1. The van der Waals surface area contributed by atoms with E-state index < -0.39 is 0 Å². The first-order valence-electron chi connectivity index (χ1n) is 8.01. The smallest absolute Gasteiger partial charge is 0.216 e. The second kappa shape index (κ2) is 5.82. The highest BCUT2D eigenvalue weighted by Gasteiger charge is 2.10. The molecule has 0 bridgehead atoms. The zero-order chi connectivity index (χ0) is 16.5. The predicted octanol–water partition coefficient (Wildman–Crippen LogP) is 5.56. The van der Waals surface area contributed by atoms with E-state index in [1.54, 1.807) is 6.21 Å². The van der Waals surface area contributed by atoms with Gasteiger partial charge in [0.05, 0.1) is 5.56 Å². The Balaban J connectivity index is 2.01. The van der Waals surface area contributed by atoms with Crippen LogP contribution < -0.4 is 0 Å². The van der Waals surface area contributed by atoms with Crippen LogP contribution >= 0.6 is 0 Å². The summed E-state index contributed by atoms with van der Waals surface area (Å²) in [5.41, 5.74) is 2.68. The summed E-state index contributed by atoms with van der Waals surface area (Å²) >= 11 is 0. The largest absolute Gasteiger partial charge is 0.618 e. The molecule has 4 aromatic carbocycles. The van der Waals surface area contributed by atoms with Crippen LogP contribution in [-0.2, 0) is 0 Å². The van der Waals surface area contributed by atoms with E-state index in [-0.39, 0.29) is 0 Å². The lowest BCUT2D eigenvalue weighted by Crippen LogP contribution is -2.00. The van der Waals surface area contributed by atoms with Crippen LogP contribution in [0.25, 0.3) is 21.5 Å². The molecule has 2 nitrogen and oxygen atoms in total. The molecule has 0 aromatic heterocycles. The first-order valence-corrected chi connectivity index (χ1v) is 8.01. The van der Waals surface area contributed by atoms with E-state index in [0.29, 0.717) is 5.69 Å². The molecule has 0 N–H and O–H groups in total. The molecule has 2 heteroatoms. The molecule has 0 amide bonds. The first-order chi connectivity index (χ1) is 11.7. The molecule has 0 aliphatic heterocycles. The average molecular weight is 311 g/mol. The minimum atomic E-state index is 0.645. The molecule has 4 aromatic rings. The van der Waals surface area contributed by atoms with E-state index >= 15 is 0 Å². The van der Waals surface area contributed by atoms with Crippen molar-refractivity contribution < 1.29 is 4.74 Å². The summed E-state index contributed by atoms with van der Waals surface area (Å²) in [6, 6.07) is 26.2. The Labute approximate surface area is 140 Å². The van der Waals surface area contributed by atoms with Gasteiger partial charge in [-0.05, 0) is 40.1 Å². The molecule has 0 saturated carbocycles. The van der Waals surface area contributed by atoms with Crippen LogP contribution in [0.2, 0.25) is 0 Å². The van der Waals surface area contributed by atoms with Gasteiger partial charge in [0, 0.05) is 12.1 Å². The van der Waals surface area contributed by atoms with Gasteiger partial charge in [0.15, 0.2) is 6.21 Å². The van der Waals surface area contributed by atoms with Gasteiger partial charge in [-0.3, -0.25) is 0 Å². The van der Waals surface area contributed by atoms with Crippen molar-refractivity contribution in [3.63, 3.8) is 0 Å². The SMILES string of the molecule is Cc1cccc(/[N+]([O-])=C/c2c3ccccc3cc3ccccc23)c1. The Hall–Kier alpha value is -3.13. The summed E-state index contributed by atoms with van der Waals surface area (Å²) in [4.78, 5) is 0. The van der Waals surface area contributed by atoms with E-state index in [4.69, 9.17) is 0 Å². The Bertz CT molecular complexity index is 1030. The van der Waals surface area contributed by atoms with Crippen LogP contribution in [0.1, 0.15) is 11.1 Å². The summed E-state index contributed by atoms with van der Waals surface area (Å²) in [6.07, 6.45) is 1.69. The molecule has 0 saturated heterocycles. The Morgan fingerprint density at radius 2 is 1.38 bits per heavy atom. The second-order valence-corrected chi connectivity index (χ2v) is 6.03. The third-order valence-electron chi connectivity index (χ3n) is 4.32. The van der Waals surface area contributed by atoms with Gasteiger partial charge in [0.2, 0.25) is 5.69 Å². The van der Waals surface area contributed by atoms with Crippen molar-refractivity contribution in [1.82, 2.24) is 0 Å². The van der Waals surface area contributed by atoms with Gasteiger partial charge < -0.3 is 5.21 Å². The van der Waals surface area contributed by atoms with Gasteiger partial charge in [0.1, 0.15) is 0 Å². The Kier molecular flexibility index (Phi) is 3.51. The quantitative estimate of drug-likeness (QED) is 0.156. The molecular formula is C22H17NO. The van der Waals surface area contributed by atoms with E-state index in [9.17, 15) is 5.21 Å². The first kappa shape index (κ1) is 14.5. The van der Waals surface area contributed by atoms with Crippen molar-refractivity contribution in [2.75, 3.05) is 0 Å². The van der Waals surface area contributed by atoms with Crippen LogP contribution in [0.3, 0.4) is 0 Å². The second-order valence-electron chi connectivity index (χ2n) is 6.03. The lowest BCUT2D eigenvalue weighted by atomic mass is 9.97. The highest BCUT2D eigenvalue weighted by molar-refractivity contribution is 6.12. The van der Waals surface area contributed by atoms with Gasteiger partial charge in [0.25, 0.3) is 0 Å². The van der Waals surface area contributed by atoms with Crippen molar-refractivity contribution in [3.8, 4) is 0 Å². The maximum Gasteiger partial charge on any atom is 0.216 e. The molecule has 116 valence electrons. The zero-order valence-corrected chi connectivity index (χ0v) is 13.4. The summed E-state index contributed by atoms with van der Waals surface area (Å²) in [5.74, 6) is 0. The third-order valence-corrected chi connectivity index (χ3v) is 4.32. The number of benzene rings is 4. The normalized spacial score (nSPS) is 12.0. The van der Waals surface area contributed by atoms with Gasteiger partial charge in [-0.25, -0.2) is 0 Å². The molecule has 0 spiro atoms. The van der Waals surface area contributed by atoms with Crippen molar-refractivity contribution in [1.29, 1.82) is 0 Å². The van der Waals surface area contributed by atoms with E-state index in [0.717, 1.165) is 37.4 Å². The standard InChI is InChI=1S/C22H17NO/c1-16-7-6-10-19(13-16)23(24)15-22-20-11-4-2-8-17(20)14-18-9-3-5-12-21(18)22/h2-15H,1H3/b23-15-. The summed E-state index contributed by atoms with van der Waals surface area (Å²) in [6.45, 7) is 1.99. The fraction of sp³-hybridized carbons (Fsp3) is 0.0455. The molecule has 4 rings (SSSR count). The van der Waals surface area contributed by atoms with Gasteiger partial charge in [-0.15, -0.1) is 0 Å². The van der Waals surface area contributed by atoms with E-state index in [1.165, 1.54) is 0 Å². The molecule has 0 aliphatic carbocycles. The van der Waals surface area contributed by atoms with Crippen LogP contribution in [-0.4, -0.2) is 11.0 Å². The van der Waals surface area contributed by atoms with Gasteiger partial charge in [-0.2, -0.15) is 4.74 Å². The molecule has 0 atom stereocenters. The van der Waals surface area contributed by atoms with Crippen molar-refractivity contribution >= 4 is 33.4 Å².